The van der Waals surface area contributed by atoms with Crippen molar-refractivity contribution in [2.24, 2.45) is 0 Å². The standard InChI is InChI=1S/C18H24N2/c1-9-17-15(7)19-20(16(17)8)18-13(5)11(3)10(2)12(4)14(18)6/h9H,1H2,2-8H3. The Morgan fingerprint density at radius 1 is 0.800 bits per heavy atom. The Labute approximate surface area is 122 Å². The first-order valence-corrected chi connectivity index (χ1v) is 7.07. The van der Waals surface area contributed by atoms with Gasteiger partial charge < -0.3 is 0 Å². The van der Waals surface area contributed by atoms with Gasteiger partial charge in [-0.25, -0.2) is 4.68 Å². The van der Waals surface area contributed by atoms with Gasteiger partial charge in [0.25, 0.3) is 0 Å². The largest absolute Gasteiger partial charge is 0.237 e. The lowest BCUT2D eigenvalue weighted by atomic mass is 9.93. The van der Waals surface area contributed by atoms with Crippen molar-refractivity contribution < 1.29 is 0 Å². The van der Waals surface area contributed by atoms with Crippen LogP contribution in [0.2, 0.25) is 0 Å². The quantitative estimate of drug-likeness (QED) is 0.773. The van der Waals surface area contributed by atoms with E-state index in [4.69, 9.17) is 5.10 Å². The highest BCUT2D eigenvalue weighted by atomic mass is 15.3. The van der Waals surface area contributed by atoms with Crippen molar-refractivity contribution in [3.05, 3.63) is 51.3 Å². The van der Waals surface area contributed by atoms with E-state index in [1.165, 1.54) is 33.5 Å². The predicted octanol–water partition coefficient (Wildman–Crippen LogP) is 4.67. The number of rotatable bonds is 2. The fourth-order valence-corrected chi connectivity index (χ4v) is 2.97. The number of hydrogen-bond donors (Lipinski definition) is 0. The maximum absolute atomic E-state index is 4.73. The van der Waals surface area contributed by atoms with Gasteiger partial charge in [0.05, 0.1) is 11.4 Å². The van der Waals surface area contributed by atoms with Crippen LogP contribution in [0.4, 0.5) is 0 Å². The predicted molar refractivity (Wildman–Crippen MR) is 86.8 cm³/mol. The zero-order valence-corrected chi connectivity index (χ0v) is 13.7. The summed E-state index contributed by atoms with van der Waals surface area (Å²) < 4.78 is 2.08. The molecule has 0 unspecified atom stereocenters. The lowest BCUT2D eigenvalue weighted by Gasteiger charge is -2.19. The Bertz CT molecular complexity index is 674. The van der Waals surface area contributed by atoms with E-state index in [1.54, 1.807) is 0 Å². The van der Waals surface area contributed by atoms with Crippen LogP contribution in [0.5, 0.6) is 0 Å². The molecular weight excluding hydrogens is 244 g/mol. The van der Waals surface area contributed by atoms with Crippen LogP contribution in [0, 0.1) is 48.5 Å². The fourth-order valence-electron chi connectivity index (χ4n) is 2.97. The third-order valence-electron chi connectivity index (χ3n) is 4.72. The molecule has 1 aromatic heterocycles. The summed E-state index contributed by atoms with van der Waals surface area (Å²) in [5, 5.41) is 4.73. The van der Waals surface area contributed by atoms with Gasteiger partial charge >= 0.3 is 0 Å². The summed E-state index contributed by atoms with van der Waals surface area (Å²) in [7, 11) is 0. The molecular formula is C18H24N2. The van der Waals surface area contributed by atoms with E-state index in [1.807, 2.05) is 13.0 Å². The van der Waals surface area contributed by atoms with Crippen molar-refractivity contribution in [3.8, 4) is 5.69 Å². The van der Waals surface area contributed by atoms with E-state index < -0.39 is 0 Å². The summed E-state index contributed by atoms with van der Waals surface area (Å²) in [5.41, 5.74) is 11.3. The first kappa shape index (κ1) is 14.6. The molecule has 0 radical (unpaired) electrons. The van der Waals surface area contributed by atoms with E-state index >= 15 is 0 Å². The van der Waals surface area contributed by atoms with Crippen LogP contribution in [-0.4, -0.2) is 9.78 Å². The number of nitrogens with zero attached hydrogens (tertiary/aromatic N) is 2. The van der Waals surface area contributed by atoms with Gasteiger partial charge in [-0.1, -0.05) is 12.7 Å². The Morgan fingerprint density at radius 3 is 1.65 bits per heavy atom. The van der Waals surface area contributed by atoms with Gasteiger partial charge in [-0.3, -0.25) is 0 Å². The van der Waals surface area contributed by atoms with E-state index in [9.17, 15) is 0 Å². The topological polar surface area (TPSA) is 17.8 Å². The lowest BCUT2D eigenvalue weighted by Crippen LogP contribution is -2.08. The summed E-state index contributed by atoms with van der Waals surface area (Å²) in [6, 6.07) is 0. The van der Waals surface area contributed by atoms with Crippen LogP contribution in [0.25, 0.3) is 11.8 Å². The second kappa shape index (κ2) is 4.93. The van der Waals surface area contributed by atoms with Crippen LogP contribution in [0.3, 0.4) is 0 Å². The molecule has 2 nitrogen and oxygen atoms in total. The molecule has 106 valence electrons. The maximum Gasteiger partial charge on any atom is 0.0712 e. The third-order valence-corrected chi connectivity index (χ3v) is 4.72. The summed E-state index contributed by atoms with van der Waals surface area (Å²) in [6.07, 6.45) is 1.90. The molecule has 0 amide bonds. The Balaban J connectivity index is 2.87. The molecule has 2 aromatic rings. The molecule has 0 saturated heterocycles. The summed E-state index contributed by atoms with van der Waals surface area (Å²) >= 11 is 0. The van der Waals surface area contributed by atoms with Crippen molar-refractivity contribution >= 4 is 6.08 Å². The number of hydrogen-bond acceptors (Lipinski definition) is 1. The van der Waals surface area contributed by atoms with Gasteiger partial charge in [-0.05, 0) is 76.3 Å². The fraction of sp³-hybridized carbons (Fsp3) is 0.389. The molecule has 0 bridgehead atoms. The van der Waals surface area contributed by atoms with Gasteiger partial charge in [0.1, 0.15) is 0 Å². The molecule has 0 aliphatic carbocycles. The average Bonchev–Trinajstić information content (AvgIpc) is 2.69. The van der Waals surface area contributed by atoms with Gasteiger partial charge in [-0.15, -0.1) is 0 Å². The van der Waals surface area contributed by atoms with Crippen LogP contribution in [0.1, 0.15) is 44.8 Å². The molecule has 20 heavy (non-hydrogen) atoms. The van der Waals surface area contributed by atoms with Crippen molar-refractivity contribution in [3.63, 3.8) is 0 Å². The minimum Gasteiger partial charge on any atom is -0.237 e. The molecule has 0 N–H and O–H groups in total. The smallest absolute Gasteiger partial charge is 0.0712 e. The van der Waals surface area contributed by atoms with Crippen molar-refractivity contribution in [1.82, 2.24) is 9.78 Å². The van der Waals surface area contributed by atoms with Crippen molar-refractivity contribution in [2.75, 3.05) is 0 Å². The second-order valence-corrected chi connectivity index (χ2v) is 5.67. The zero-order valence-electron chi connectivity index (χ0n) is 13.7. The Morgan fingerprint density at radius 2 is 1.25 bits per heavy atom. The average molecular weight is 268 g/mol. The van der Waals surface area contributed by atoms with Gasteiger partial charge in [0.15, 0.2) is 0 Å². The highest BCUT2D eigenvalue weighted by Crippen LogP contribution is 2.30. The molecule has 0 aliphatic heterocycles. The monoisotopic (exact) mass is 268 g/mol. The maximum atomic E-state index is 4.73. The van der Waals surface area contributed by atoms with E-state index in [-0.39, 0.29) is 0 Å². The molecule has 0 aliphatic rings. The van der Waals surface area contributed by atoms with Crippen LogP contribution in [0.15, 0.2) is 6.58 Å². The molecule has 1 aromatic carbocycles. The summed E-state index contributed by atoms with van der Waals surface area (Å²) in [6.45, 7) is 19.0. The third kappa shape index (κ3) is 1.91. The van der Waals surface area contributed by atoms with Gasteiger partial charge in [0.2, 0.25) is 0 Å². The summed E-state index contributed by atoms with van der Waals surface area (Å²) in [4.78, 5) is 0. The molecule has 0 fully saturated rings. The van der Waals surface area contributed by atoms with Crippen molar-refractivity contribution in [2.45, 2.75) is 48.5 Å². The first-order valence-electron chi connectivity index (χ1n) is 7.07. The molecule has 2 heteroatoms. The van der Waals surface area contributed by atoms with Crippen LogP contribution >= 0.6 is 0 Å². The molecule has 2 rings (SSSR count). The van der Waals surface area contributed by atoms with Crippen LogP contribution < -0.4 is 0 Å². The SMILES string of the molecule is C=Cc1c(C)nn(-c2c(C)c(C)c(C)c(C)c2C)c1C. The van der Waals surface area contributed by atoms with Gasteiger partial charge in [-0.2, -0.15) is 5.10 Å². The lowest BCUT2D eigenvalue weighted by molar-refractivity contribution is 0.816. The zero-order chi connectivity index (χ0) is 15.2. The minimum atomic E-state index is 1.03. The normalized spacial score (nSPS) is 10.9. The number of aromatic nitrogens is 2. The van der Waals surface area contributed by atoms with E-state index in [2.05, 4.69) is 52.8 Å². The number of aryl methyl sites for hydroxylation is 1. The number of benzene rings is 1. The molecule has 1 heterocycles. The van der Waals surface area contributed by atoms with E-state index in [0.717, 1.165) is 17.0 Å². The second-order valence-electron chi connectivity index (χ2n) is 5.67. The summed E-state index contributed by atoms with van der Waals surface area (Å²) in [5.74, 6) is 0. The highest BCUT2D eigenvalue weighted by Gasteiger charge is 2.18. The first-order chi connectivity index (χ1) is 9.31. The van der Waals surface area contributed by atoms with E-state index in [0.29, 0.717) is 0 Å². The van der Waals surface area contributed by atoms with Gasteiger partial charge in [0, 0.05) is 11.3 Å². The Hall–Kier alpha value is -1.83. The molecule has 0 spiro atoms. The molecule has 0 saturated carbocycles. The highest BCUT2D eigenvalue weighted by molar-refractivity contribution is 5.60. The van der Waals surface area contributed by atoms with Crippen molar-refractivity contribution in [1.29, 1.82) is 0 Å². The molecule has 0 atom stereocenters. The Kier molecular flexibility index (Phi) is 3.59. The van der Waals surface area contributed by atoms with Crippen LogP contribution in [-0.2, 0) is 0 Å². The minimum absolute atomic E-state index is 1.03.